The lowest BCUT2D eigenvalue weighted by Crippen LogP contribution is -2.48. The summed E-state index contributed by atoms with van der Waals surface area (Å²) in [5.41, 5.74) is 0.318. The van der Waals surface area contributed by atoms with E-state index in [1.165, 1.54) is 0 Å². The third-order valence-electron chi connectivity index (χ3n) is 4.24. The summed E-state index contributed by atoms with van der Waals surface area (Å²) < 4.78 is 10.9. The lowest BCUT2D eigenvalue weighted by molar-refractivity contribution is -0.150. The van der Waals surface area contributed by atoms with E-state index in [0.29, 0.717) is 13.2 Å². The van der Waals surface area contributed by atoms with E-state index in [9.17, 15) is 4.79 Å². The smallest absolute Gasteiger partial charge is 0.252 e. The molecule has 1 amide bonds. The molecule has 1 unspecified atom stereocenters. The average molecular weight is 346 g/mol. The largest absolute Gasteiger partial charge is 0.497 e. The molecule has 5 nitrogen and oxygen atoms in total. The first kappa shape index (κ1) is 16.9. The summed E-state index contributed by atoms with van der Waals surface area (Å²) in [6.07, 6.45) is 4.65. The van der Waals surface area contributed by atoms with E-state index in [1.807, 2.05) is 37.4 Å². The molecular weight excluding hydrogens is 324 g/mol. The highest BCUT2D eigenvalue weighted by Crippen LogP contribution is 2.28. The highest BCUT2D eigenvalue weighted by molar-refractivity contribution is 7.15. The van der Waals surface area contributed by atoms with E-state index in [2.05, 4.69) is 10.3 Å². The van der Waals surface area contributed by atoms with Crippen LogP contribution in [0, 0.1) is 0 Å². The fourth-order valence-corrected chi connectivity index (χ4v) is 3.59. The molecule has 0 aliphatic carbocycles. The number of nitrogens with zero attached hydrogens (tertiary/aromatic N) is 1. The molecule has 2 aromatic rings. The van der Waals surface area contributed by atoms with Gasteiger partial charge in [-0.2, -0.15) is 0 Å². The van der Waals surface area contributed by atoms with Crippen LogP contribution in [0.4, 0.5) is 0 Å². The van der Waals surface area contributed by atoms with Crippen LogP contribution in [0.15, 0.2) is 30.5 Å². The molecule has 1 aromatic heterocycles. The molecule has 6 heteroatoms. The van der Waals surface area contributed by atoms with Gasteiger partial charge in [0.25, 0.3) is 5.91 Å². The van der Waals surface area contributed by atoms with E-state index in [0.717, 1.165) is 40.5 Å². The van der Waals surface area contributed by atoms with Crippen molar-refractivity contribution in [1.82, 2.24) is 10.3 Å². The van der Waals surface area contributed by atoms with Crippen molar-refractivity contribution >= 4 is 17.2 Å². The van der Waals surface area contributed by atoms with E-state index in [-0.39, 0.29) is 5.91 Å². The Balaban J connectivity index is 1.62. The molecule has 1 fully saturated rings. The number of carbonyl (C=O) groups excluding carboxylic acids is 1. The number of rotatable bonds is 5. The average Bonchev–Trinajstić information content (AvgIpc) is 3.09. The molecular formula is C18H22N2O3S. The zero-order chi connectivity index (χ0) is 17.0. The summed E-state index contributed by atoms with van der Waals surface area (Å²) in [5, 5.41) is 3.89. The summed E-state index contributed by atoms with van der Waals surface area (Å²) in [5.74, 6) is 0.762. The van der Waals surface area contributed by atoms with Crippen molar-refractivity contribution in [3.05, 3.63) is 35.3 Å². The Hall–Kier alpha value is -1.92. The molecule has 1 atom stereocenters. The number of ether oxygens (including phenoxy) is 2. The van der Waals surface area contributed by atoms with Crippen molar-refractivity contribution in [3.63, 3.8) is 0 Å². The molecule has 1 aliphatic rings. The molecule has 0 spiro atoms. The van der Waals surface area contributed by atoms with Crippen LogP contribution in [0.3, 0.4) is 0 Å². The van der Waals surface area contributed by atoms with Crippen LogP contribution in [0.2, 0.25) is 0 Å². The summed E-state index contributed by atoms with van der Waals surface area (Å²) in [4.78, 5) is 17.8. The van der Waals surface area contributed by atoms with Gasteiger partial charge in [0.05, 0.1) is 13.7 Å². The maximum atomic E-state index is 12.4. The second-order valence-electron chi connectivity index (χ2n) is 6.08. The highest BCUT2D eigenvalue weighted by Gasteiger charge is 2.35. The van der Waals surface area contributed by atoms with Crippen molar-refractivity contribution in [2.24, 2.45) is 0 Å². The van der Waals surface area contributed by atoms with Crippen molar-refractivity contribution in [3.8, 4) is 16.3 Å². The Labute approximate surface area is 146 Å². The number of carbonyl (C=O) groups is 1. The molecule has 3 rings (SSSR count). The van der Waals surface area contributed by atoms with Crippen LogP contribution in [0.5, 0.6) is 5.75 Å². The number of nitrogens with one attached hydrogen (secondary N) is 1. The maximum Gasteiger partial charge on any atom is 0.252 e. The molecule has 24 heavy (non-hydrogen) atoms. The Bertz CT molecular complexity index is 708. The molecule has 1 N–H and O–H groups in total. The Morgan fingerprint density at radius 2 is 2.33 bits per heavy atom. The minimum absolute atomic E-state index is 0.0430. The number of aromatic nitrogens is 1. The van der Waals surface area contributed by atoms with Gasteiger partial charge in [0.15, 0.2) is 0 Å². The monoisotopic (exact) mass is 346 g/mol. The van der Waals surface area contributed by atoms with Gasteiger partial charge >= 0.3 is 0 Å². The minimum atomic E-state index is -0.696. The predicted molar refractivity (Wildman–Crippen MR) is 94.2 cm³/mol. The summed E-state index contributed by atoms with van der Waals surface area (Å²) >= 11 is 1.57. The molecule has 0 saturated carbocycles. The Morgan fingerprint density at radius 1 is 1.46 bits per heavy atom. The summed E-state index contributed by atoms with van der Waals surface area (Å²) in [6, 6.07) is 7.81. The predicted octanol–water partition coefficient (Wildman–Crippen LogP) is 3.39. The maximum absolute atomic E-state index is 12.4. The quantitative estimate of drug-likeness (QED) is 0.901. The van der Waals surface area contributed by atoms with Crippen molar-refractivity contribution < 1.29 is 14.3 Å². The first-order valence-electron chi connectivity index (χ1n) is 8.12. The van der Waals surface area contributed by atoms with Crippen LogP contribution in [0.25, 0.3) is 10.6 Å². The van der Waals surface area contributed by atoms with Gasteiger partial charge in [-0.3, -0.25) is 4.79 Å². The third kappa shape index (κ3) is 3.76. The number of methoxy groups -OCH3 is 1. The molecule has 1 aliphatic heterocycles. The molecule has 1 saturated heterocycles. The molecule has 0 radical (unpaired) electrons. The lowest BCUT2D eigenvalue weighted by atomic mass is 9.95. The standard InChI is InChI=1S/C18H22N2O3S/c1-18(8-3-4-9-23-18)17(21)20-12-15-11-19-16(24-15)13-6-5-7-14(10-13)22-2/h5-7,10-11H,3-4,8-9,12H2,1-2H3,(H,20,21). The van der Waals surface area contributed by atoms with Crippen molar-refractivity contribution in [2.45, 2.75) is 38.3 Å². The van der Waals surface area contributed by atoms with Gasteiger partial charge in [-0.25, -0.2) is 4.98 Å². The van der Waals surface area contributed by atoms with E-state index in [1.54, 1.807) is 18.4 Å². The minimum Gasteiger partial charge on any atom is -0.497 e. The van der Waals surface area contributed by atoms with Crippen LogP contribution < -0.4 is 10.1 Å². The number of hydrogen-bond donors (Lipinski definition) is 1. The molecule has 1 aromatic carbocycles. The van der Waals surface area contributed by atoms with Gasteiger partial charge in [0.1, 0.15) is 16.4 Å². The van der Waals surface area contributed by atoms with Crippen molar-refractivity contribution in [2.75, 3.05) is 13.7 Å². The first-order valence-corrected chi connectivity index (χ1v) is 8.94. The first-order chi connectivity index (χ1) is 11.6. The normalized spacial score (nSPS) is 20.6. The van der Waals surface area contributed by atoms with Crippen molar-refractivity contribution in [1.29, 1.82) is 0 Å². The zero-order valence-electron chi connectivity index (χ0n) is 14.0. The molecule has 0 bridgehead atoms. The Kier molecular flexibility index (Phi) is 5.16. The number of hydrogen-bond acceptors (Lipinski definition) is 5. The van der Waals surface area contributed by atoms with E-state index < -0.39 is 5.60 Å². The van der Waals surface area contributed by atoms with Gasteiger partial charge in [-0.1, -0.05) is 12.1 Å². The fraction of sp³-hybridized carbons (Fsp3) is 0.444. The van der Waals surface area contributed by atoms with E-state index >= 15 is 0 Å². The van der Waals surface area contributed by atoms with Gasteiger partial charge in [-0.05, 0) is 38.3 Å². The summed E-state index contributed by atoms with van der Waals surface area (Å²) in [6.45, 7) is 3.00. The van der Waals surface area contributed by atoms with Gasteiger partial charge < -0.3 is 14.8 Å². The Morgan fingerprint density at radius 3 is 3.08 bits per heavy atom. The van der Waals surface area contributed by atoms with Crippen LogP contribution >= 0.6 is 11.3 Å². The second kappa shape index (κ2) is 7.32. The fourth-order valence-electron chi connectivity index (χ4n) is 2.75. The van der Waals surface area contributed by atoms with Crippen LogP contribution in [0.1, 0.15) is 31.1 Å². The third-order valence-corrected chi connectivity index (χ3v) is 5.29. The molecule has 128 valence electrons. The lowest BCUT2D eigenvalue weighted by Gasteiger charge is -2.32. The number of thiazole rings is 1. The number of benzene rings is 1. The number of amides is 1. The van der Waals surface area contributed by atoms with Crippen LogP contribution in [-0.4, -0.2) is 30.2 Å². The second-order valence-corrected chi connectivity index (χ2v) is 7.20. The van der Waals surface area contributed by atoms with E-state index in [4.69, 9.17) is 9.47 Å². The van der Waals surface area contributed by atoms with Gasteiger partial charge in [-0.15, -0.1) is 11.3 Å². The molecule has 2 heterocycles. The van der Waals surface area contributed by atoms with Gasteiger partial charge in [0.2, 0.25) is 0 Å². The van der Waals surface area contributed by atoms with Crippen LogP contribution in [-0.2, 0) is 16.1 Å². The topological polar surface area (TPSA) is 60.5 Å². The SMILES string of the molecule is COc1cccc(-c2ncc(CNC(=O)C3(C)CCCCO3)s2)c1. The van der Waals surface area contributed by atoms with Gasteiger partial charge in [0, 0.05) is 23.2 Å². The summed E-state index contributed by atoms with van der Waals surface area (Å²) in [7, 11) is 1.65. The highest BCUT2D eigenvalue weighted by atomic mass is 32.1. The zero-order valence-corrected chi connectivity index (χ0v) is 14.8.